The average Bonchev–Trinajstić information content (AvgIpc) is 2.63. The van der Waals surface area contributed by atoms with E-state index < -0.39 is 5.60 Å². The third-order valence-corrected chi connectivity index (χ3v) is 2.73. The Morgan fingerprint density at radius 1 is 1.62 bits per heavy atom. The number of ketones is 1. The Labute approximate surface area is 96.3 Å². The van der Waals surface area contributed by atoms with Gasteiger partial charge >= 0.3 is 0 Å². The second-order valence-corrected chi connectivity index (χ2v) is 4.70. The summed E-state index contributed by atoms with van der Waals surface area (Å²) in [6, 6.07) is 2.17. The summed E-state index contributed by atoms with van der Waals surface area (Å²) in [6.07, 6.45) is 3.06. The molecule has 0 fully saturated rings. The molecule has 0 saturated carbocycles. The van der Waals surface area contributed by atoms with Crippen LogP contribution in [-0.4, -0.2) is 26.3 Å². The minimum Gasteiger partial charge on any atom is -0.383 e. The SMILES string of the molecule is CCC(C)n1ccc(CC(=O)C(C)(C)O)n1. The predicted octanol–water partition coefficient (Wildman–Crippen LogP) is 1.74. The largest absolute Gasteiger partial charge is 0.383 e. The normalized spacial score (nSPS) is 13.8. The van der Waals surface area contributed by atoms with Gasteiger partial charge in [0.25, 0.3) is 0 Å². The highest BCUT2D eigenvalue weighted by molar-refractivity contribution is 5.87. The zero-order valence-electron chi connectivity index (χ0n) is 10.4. The number of carbonyl (C=O) groups is 1. The topological polar surface area (TPSA) is 55.1 Å². The second-order valence-electron chi connectivity index (χ2n) is 4.70. The number of aliphatic hydroxyl groups is 1. The quantitative estimate of drug-likeness (QED) is 0.828. The Morgan fingerprint density at radius 3 is 2.75 bits per heavy atom. The first-order valence-electron chi connectivity index (χ1n) is 5.64. The second kappa shape index (κ2) is 4.78. The van der Waals surface area contributed by atoms with E-state index in [4.69, 9.17) is 0 Å². The van der Waals surface area contributed by atoms with Gasteiger partial charge in [0.1, 0.15) is 5.60 Å². The van der Waals surface area contributed by atoms with Gasteiger partial charge in [-0.05, 0) is 33.3 Å². The van der Waals surface area contributed by atoms with E-state index in [0.29, 0.717) is 11.7 Å². The number of nitrogens with zero attached hydrogens (tertiary/aromatic N) is 2. The molecule has 0 bridgehead atoms. The van der Waals surface area contributed by atoms with Crippen LogP contribution in [0.1, 0.15) is 45.9 Å². The van der Waals surface area contributed by atoms with Gasteiger partial charge in [-0.25, -0.2) is 0 Å². The minimum atomic E-state index is -1.28. The van der Waals surface area contributed by atoms with Gasteiger partial charge < -0.3 is 5.11 Å². The summed E-state index contributed by atoms with van der Waals surface area (Å²) in [5.41, 5.74) is -0.562. The van der Waals surface area contributed by atoms with E-state index in [1.165, 1.54) is 13.8 Å². The monoisotopic (exact) mass is 224 g/mol. The van der Waals surface area contributed by atoms with Crippen molar-refractivity contribution in [2.45, 2.75) is 52.2 Å². The van der Waals surface area contributed by atoms with Gasteiger partial charge in [0.05, 0.1) is 12.1 Å². The van der Waals surface area contributed by atoms with E-state index in [-0.39, 0.29) is 12.2 Å². The zero-order valence-corrected chi connectivity index (χ0v) is 10.4. The van der Waals surface area contributed by atoms with Crippen molar-refractivity contribution >= 4 is 5.78 Å². The highest BCUT2D eigenvalue weighted by atomic mass is 16.3. The van der Waals surface area contributed by atoms with Crippen molar-refractivity contribution < 1.29 is 9.90 Å². The molecule has 1 unspecified atom stereocenters. The van der Waals surface area contributed by atoms with Gasteiger partial charge in [-0.3, -0.25) is 9.48 Å². The van der Waals surface area contributed by atoms with E-state index in [1.54, 1.807) is 0 Å². The lowest BCUT2D eigenvalue weighted by Gasteiger charge is -2.14. The highest BCUT2D eigenvalue weighted by Gasteiger charge is 2.24. The summed E-state index contributed by atoms with van der Waals surface area (Å²) in [4.78, 5) is 11.6. The molecule has 1 N–H and O–H groups in total. The summed E-state index contributed by atoms with van der Waals surface area (Å²) in [6.45, 7) is 7.17. The maximum atomic E-state index is 11.6. The van der Waals surface area contributed by atoms with Crippen LogP contribution in [0.15, 0.2) is 12.3 Å². The zero-order chi connectivity index (χ0) is 12.3. The van der Waals surface area contributed by atoms with E-state index in [1.807, 2.05) is 16.9 Å². The number of hydrogen-bond donors (Lipinski definition) is 1. The lowest BCUT2D eigenvalue weighted by atomic mass is 10.00. The number of hydrogen-bond acceptors (Lipinski definition) is 3. The number of Topliss-reactive ketones (excluding diaryl/α,β-unsaturated/α-hetero) is 1. The van der Waals surface area contributed by atoms with E-state index in [2.05, 4.69) is 18.9 Å². The van der Waals surface area contributed by atoms with Crippen molar-refractivity contribution in [3.05, 3.63) is 18.0 Å². The fourth-order valence-electron chi connectivity index (χ4n) is 1.29. The van der Waals surface area contributed by atoms with Crippen LogP contribution in [0.5, 0.6) is 0 Å². The van der Waals surface area contributed by atoms with Gasteiger partial charge in [0, 0.05) is 12.2 Å². The summed E-state index contributed by atoms with van der Waals surface area (Å²) in [5.74, 6) is -0.207. The summed E-state index contributed by atoms with van der Waals surface area (Å²) in [7, 11) is 0. The molecule has 1 atom stereocenters. The Hall–Kier alpha value is -1.16. The molecule has 0 radical (unpaired) electrons. The van der Waals surface area contributed by atoms with Crippen molar-refractivity contribution in [3.8, 4) is 0 Å². The van der Waals surface area contributed by atoms with Crippen molar-refractivity contribution in [2.75, 3.05) is 0 Å². The van der Waals surface area contributed by atoms with Gasteiger partial charge in [-0.15, -0.1) is 0 Å². The molecule has 1 heterocycles. The van der Waals surface area contributed by atoms with Crippen molar-refractivity contribution in [1.82, 2.24) is 9.78 Å². The van der Waals surface area contributed by atoms with Crippen molar-refractivity contribution in [2.24, 2.45) is 0 Å². The standard InChI is InChI=1S/C12H20N2O2/c1-5-9(2)14-7-6-10(13-14)8-11(15)12(3,4)16/h6-7,9,16H,5,8H2,1-4H3. The molecule has 0 aliphatic heterocycles. The number of rotatable bonds is 5. The first-order chi connectivity index (χ1) is 7.34. The Morgan fingerprint density at radius 2 is 2.25 bits per heavy atom. The fraction of sp³-hybridized carbons (Fsp3) is 0.667. The van der Waals surface area contributed by atoms with Crippen LogP contribution < -0.4 is 0 Å². The maximum Gasteiger partial charge on any atom is 0.169 e. The van der Waals surface area contributed by atoms with Crippen molar-refractivity contribution in [1.29, 1.82) is 0 Å². The van der Waals surface area contributed by atoms with Crippen LogP contribution in [0, 0.1) is 0 Å². The molecule has 4 nitrogen and oxygen atoms in total. The Kier molecular flexibility index (Phi) is 3.86. The Bertz CT molecular complexity index is 363. The number of aromatic nitrogens is 2. The minimum absolute atomic E-state index is 0.187. The summed E-state index contributed by atoms with van der Waals surface area (Å²) < 4.78 is 1.85. The van der Waals surface area contributed by atoms with Crippen LogP contribution in [0.2, 0.25) is 0 Å². The third-order valence-electron chi connectivity index (χ3n) is 2.73. The molecular weight excluding hydrogens is 204 g/mol. The molecule has 90 valence electrons. The molecule has 0 aliphatic rings. The molecule has 1 rings (SSSR count). The average molecular weight is 224 g/mol. The third kappa shape index (κ3) is 3.17. The first kappa shape index (κ1) is 12.9. The molecule has 0 saturated heterocycles. The first-order valence-corrected chi connectivity index (χ1v) is 5.64. The molecule has 4 heteroatoms. The lowest BCUT2D eigenvalue weighted by Crippen LogP contribution is -2.32. The molecule has 0 spiro atoms. The lowest BCUT2D eigenvalue weighted by molar-refractivity contribution is -0.133. The van der Waals surface area contributed by atoms with E-state index >= 15 is 0 Å². The van der Waals surface area contributed by atoms with Gasteiger partial charge in [-0.2, -0.15) is 5.10 Å². The predicted molar refractivity (Wildman–Crippen MR) is 62.2 cm³/mol. The van der Waals surface area contributed by atoms with Crippen molar-refractivity contribution in [3.63, 3.8) is 0 Å². The number of carbonyl (C=O) groups excluding carboxylic acids is 1. The smallest absolute Gasteiger partial charge is 0.169 e. The van der Waals surface area contributed by atoms with Crippen LogP contribution in [-0.2, 0) is 11.2 Å². The highest BCUT2D eigenvalue weighted by Crippen LogP contribution is 2.12. The van der Waals surface area contributed by atoms with E-state index in [9.17, 15) is 9.90 Å². The van der Waals surface area contributed by atoms with Gasteiger partial charge in [0.15, 0.2) is 5.78 Å². The molecular formula is C12H20N2O2. The summed E-state index contributed by atoms with van der Waals surface area (Å²) in [5, 5.41) is 13.8. The Balaban J connectivity index is 2.69. The summed E-state index contributed by atoms with van der Waals surface area (Å²) >= 11 is 0. The van der Waals surface area contributed by atoms with Crippen LogP contribution in [0.4, 0.5) is 0 Å². The fourth-order valence-corrected chi connectivity index (χ4v) is 1.29. The van der Waals surface area contributed by atoms with E-state index in [0.717, 1.165) is 6.42 Å². The molecule has 0 aliphatic carbocycles. The van der Waals surface area contributed by atoms with Crippen LogP contribution in [0.25, 0.3) is 0 Å². The molecule has 0 amide bonds. The van der Waals surface area contributed by atoms with Gasteiger partial charge in [-0.1, -0.05) is 6.92 Å². The molecule has 1 aromatic heterocycles. The molecule has 1 aromatic rings. The van der Waals surface area contributed by atoms with Crippen LogP contribution in [0.3, 0.4) is 0 Å². The molecule has 0 aromatic carbocycles. The maximum absolute atomic E-state index is 11.6. The van der Waals surface area contributed by atoms with Crippen LogP contribution >= 0.6 is 0 Å². The molecule has 16 heavy (non-hydrogen) atoms. The van der Waals surface area contributed by atoms with Gasteiger partial charge in [0.2, 0.25) is 0 Å².